The molecule has 3 nitrogen and oxygen atoms in total. The summed E-state index contributed by atoms with van der Waals surface area (Å²) in [7, 11) is 0. The maximum absolute atomic E-state index is 11.1. The number of aromatic nitrogens is 1. The number of pyridine rings is 1. The zero-order valence-electron chi connectivity index (χ0n) is 8.68. The molecule has 0 saturated carbocycles. The van der Waals surface area contributed by atoms with Crippen LogP contribution in [-0.4, -0.2) is 16.1 Å². The lowest BCUT2D eigenvalue weighted by molar-refractivity contribution is -0.138. The molecule has 1 aliphatic carbocycles. The summed E-state index contributed by atoms with van der Waals surface area (Å²) in [5.74, 6) is -1.18. The van der Waals surface area contributed by atoms with Gasteiger partial charge in [-0.1, -0.05) is 18.2 Å². The van der Waals surface area contributed by atoms with Crippen LogP contribution in [0.5, 0.6) is 0 Å². The van der Waals surface area contributed by atoms with Gasteiger partial charge in [-0.3, -0.25) is 9.78 Å². The van der Waals surface area contributed by atoms with Crippen molar-refractivity contribution in [2.24, 2.45) is 0 Å². The Morgan fingerprint density at radius 1 is 1.38 bits per heavy atom. The summed E-state index contributed by atoms with van der Waals surface area (Å²) >= 11 is 0. The summed E-state index contributed by atoms with van der Waals surface area (Å²) in [5.41, 5.74) is 2.73. The van der Waals surface area contributed by atoms with Gasteiger partial charge in [0.25, 0.3) is 0 Å². The molecule has 0 aliphatic heterocycles. The Morgan fingerprint density at radius 2 is 2.19 bits per heavy atom. The first-order chi connectivity index (χ1) is 7.75. The first-order valence-corrected chi connectivity index (χ1v) is 5.37. The fourth-order valence-electron chi connectivity index (χ4n) is 2.35. The van der Waals surface area contributed by atoms with Crippen molar-refractivity contribution >= 4 is 16.9 Å². The fourth-order valence-corrected chi connectivity index (χ4v) is 2.35. The van der Waals surface area contributed by atoms with E-state index in [-0.39, 0.29) is 0 Å². The molecule has 1 aliphatic rings. The van der Waals surface area contributed by atoms with E-state index in [9.17, 15) is 4.79 Å². The lowest BCUT2D eigenvalue weighted by Crippen LogP contribution is -2.09. The Balaban J connectivity index is 2.23. The van der Waals surface area contributed by atoms with Gasteiger partial charge in [-0.2, -0.15) is 0 Å². The molecular weight excluding hydrogens is 202 g/mol. The van der Waals surface area contributed by atoms with E-state index in [1.165, 1.54) is 0 Å². The highest BCUT2D eigenvalue weighted by Gasteiger charge is 2.30. The minimum atomic E-state index is -0.762. The van der Waals surface area contributed by atoms with Gasteiger partial charge in [0.05, 0.1) is 17.1 Å². The Morgan fingerprint density at radius 3 is 3.00 bits per heavy atom. The van der Waals surface area contributed by atoms with Gasteiger partial charge in [0.15, 0.2) is 0 Å². The predicted octanol–water partition coefficient (Wildman–Crippen LogP) is 2.35. The van der Waals surface area contributed by atoms with Gasteiger partial charge >= 0.3 is 5.97 Å². The number of benzene rings is 1. The van der Waals surface area contributed by atoms with Gasteiger partial charge in [-0.05, 0) is 30.5 Å². The van der Waals surface area contributed by atoms with Crippen molar-refractivity contribution in [1.29, 1.82) is 0 Å². The average molecular weight is 213 g/mol. The number of aryl methyl sites for hydroxylation is 1. The van der Waals surface area contributed by atoms with Crippen molar-refractivity contribution in [1.82, 2.24) is 4.98 Å². The molecule has 1 unspecified atom stereocenters. The summed E-state index contributed by atoms with van der Waals surface area (Å²) in [4.78, 5) is 15.5. The van der Waals surface area contributed by atoms with E-state index in [1.54, 1.807) is 0 Å². The van der Waals surface area contributed by atoms with Crippen LogP contribution < -0.4 is 0 Å². The van der Waals surface area contributed by atoms with Crippen LogP contribution in [0.3, 0.4) is 0 Å². The highest BCUT2D eigenvalue weighted by Crippen LogP contribution is 2.33. The highest BCUT2D eigenvalue weighted by molar-refractivity contribution is 5.83. The SMILES string of the molecule is O=C(O)C1CCc2cc3ccccc3nc21. The van der Waals surface area contributed by atoms with Crippen molar-refractivity contribution < 1.29 is 9.90 Å². The van der Waals surface area contributed by atoms with Crippen molar-refractivity contribution in [3.63, 3.8) is 0 Å². The second-order valence-corrected chi connectivity index (χ2v) is 4.15. The molecule has 3 rings (SSSR count). The molecule has 1 atom stereocenters. The van der Waals surface area contributed by atoms with Crippen LogP contribution in [0, 0.1) is 0 Å². The summed E-state index contributed by atoms with van der Waals surface area (Å²) in [6.07, 6.45) is 1.50. The topological polar surface area (TPSA) is 50.2 Å². The number of nitrogens with zero attached hydrogens (tertiary/aromatic N) is 1. The third kappa shape index (κ3) is 1.28. The van der Waals surface area contributed by atoms with Gasteiger partial charge in [-0.25, -0.2) is 0 Å². The number of carboxylic acids is 1. The van der Waals surface area contributed by atoms with Gasteiger partial charge < -0.3 is 5.11 Å². The lowest BCUT2D eigenvalue weighted by atomic mass is 10.1. The molecule has 3 heteroatoms. The van der Waals surface area contributed by atoms with Crippen LogP contribution in [-0.2, 0) is 11.2 Å². The van der Waals surface area contributed by atoms with Crippen molar-refractivity contribution in [2.75, 3.05) is 0 Å². The van der Waals surface area contributed by atoms with Gasteiger partial charge in [-0.15, -0.1) is 0 Å². The summed E-state index contributed by atoms with van der Waals surface area (Å²) in [6, 6.07) is 9.90. The molecule has 0 saturated heterocycles. The third-order valence-electron chi connectivity index (χ3n) is 3.17. The monoisotopic (exact) mass is 213 g/mol. The second kappa shape index (κ2) is 3.30. The maximum atomic E-state index is 11.1. The van der Waals surface area contributed by atoms with Crippen LogP contribution in [0.15, 0.2) is 30.3 Å². The number of carboxylic acid groups (broad SMARTS) is 1. The zero-order chi connectivity index (χ0) is 11.1. The molecule has 0 spiro atoms. The van der Waals surface area contributed by atoms with Gasteiger partial charge in [0.2, 0.25) is 0 Å². The maximum Gasteiger partial charge on any atom is 0.312 e. The first-order valence-electron chi connectivity index (χ1n) is 5.37. The van der Waals surface area contributed by atoms with E-state index < -0.39 is 11.9 Å². The molecular formula is C13H11NO2. The van der Waals surface area contributed by atoms with E-state index >= 15 is 0 Å². The molecule has 16 heavy (non-hydrogen) atoms. The quantitative estimate of drug-likeness (QED) is 0.791. The van der Waals surface area contributed by atoms with Gasteiger partial charge in [0.1, 0.15) is 0 Å². The standard InChI is InChI=1S/C13H11NO2/c15-13(16)10-6-5-9-7-8-3-1-2-4-11(8)14-12(9)10/h1-4,7,10H,5-6H2,(H,15,16). The number of hydrogen-bond donors (Lipinski definition) is 1. The Bertz CT molecular complexity index is 577. The molecule has 1 N–H and O–H groups in total. The van der Waals surface area contributed by atoms with E-state index in [0.717, 1.165) is 28.6 Å². The smallest absolute Gasteiger partial charge is 0.312 e. The molecule has 80 valence electrons. The molecule has 2 aromatic rings. The average Bonchev–Trinajstić information content (AvgIpc) is 2.68. The van der Waals surface area contributed by atoms with Crippen LogP contribution in [0.2, 0.25) is 0 Å². The van der Waals surface area contributed by atoms with Crippen LogP contribution in [0.4, 0.5) is 0 Å². The van der Waals surface area contributed by atoms with Crippen LogP contribution >= 0.6 is 0 Å². The minimum absolute atomic E-state index is 0.417. The molecule has 1 aromatic carbocycles. The Hall–Kier alpha value is -1.90. The normalized spacial score (nSPS) is 18.6. The molecule has 0 fully saturated rings. The molecule has 0 radical (unpaired) electrons. The van der Waals surface area contributed by atoms with E-state index in [1.807, 2.05) is 24.3 Å². The predicted molar refractivity (Wildman–Crippen MR) is 60.4 cm³/mol. The number of aliphatic carboxylic acids is 1. The molecule has 1 heterocycles. The first kappa shape index (κ1) is 9.33. The number of hydrogen-bond acceptors (Lipinski definition) is 2. The highest BCUT2D eigenvalue weighted by atomic mass is 16.4. The molecule has 1 aromatic heterocycles. The van der Waals surface area contributed by atoms with Gasteiger partial charge in [0, 0.05) is 5.39 Å². The minimum Gasteiger partial charge on any atom is -0.481 e. The zero-order valence-corrected chi connectivity index (χ0v) is 8.68. The number of rotatable bonds is 1. The number of carbonyl (C=O) groups is 1. The van der Waals surface area contributed by atoms with Crippen molar-refractivity contribution in [2.45, 2.75) is 18.8 Å². The summed E-state index contributed by atoms with van der Waals surface area (Å²) in [5, 5.41) is 10.2. The lowest BCUT2D eigenvalue weighted by Gasteiger charge is -2.06. The van der Waals surface area contributed by atoms with Crippen LogP contribution in [0.1, 0.15) is 23.6 Å². The Labute approximate surface area is 92.7 Å². The number of fused-ring (bicyclic) bond motifs is 2. The van der Waals surface area contributed by atoms with Crippen molar-refractivity contribution in [3.8, 4) is 0 Å². The summed E-state index contributed by atoms with van der Waals surface area (Å²) < 4.78 is 0. The van der Waals surface area contributed by atoms with E-state index in [2.05, 4.69) is 11.1 Å². The largest absolute Gasteiger partial charge is 0.481 e. The molecule has 0 bridgehead atoms. The summed E-state index contributed by atoms with van der Waals surface area (Å²) in [6.45, 7) is 0. The Kier molecular flexibility index (Phi) is 1.93. The second-order valence-electron chi connectivity index (χ2n) is 4.15. The number of para-hydroxylation sites is 1. The molecule has 0 amide bonds. The van der Waals surface area contributed by atoms with E-state index in [0.29, 0.717) is 6.42 Å². The van der Waals surface area contributed by atoms with Crippen molar-refractivity contribution in [3.05, 3.63) is 41.6 Å². The van der Waals surface area contributed by atoms with E-state index in [4.69, 9.17) is 5.11 Å². The van der Waals surface area contributed by atoms with Crippen LogP contribution in [0.25, 0.3) is 10.9 Å². The fraction of sp³-hybridized carbons (Fsp3) is 0.231. The third-order valence-corrected chi connectivity index (χ3v) is 3.17.